The lowest BCUT2D eigenvalue weighted by molar-refractivity contribution is -0.148. The summed E-state index contributed by atoms with van der Waals surface area (Å²) in [6.45, 7) is 7.81. The second-order valence-corrected chi connectivity index (χ2v) is 5.60. The first-order chi connectivity index (χ1) is 8.97. The highest BCUT2D eigenvalue weighted by molar-refractivity contribution is 5.75. The van der Waals surface area contributed by atoms with Gasteiger partial charge in [-0.25, -0.2) is 0 Å². The number of carboxylic acids is 1. The Bertz CT molecular complexity index is 458. The van der Waals surface area contributed by atoms with Gasteiger partial charge in [0.2, 0.25) is 5.89 Å². The van der Waals surface area contributed by atoms with Crippen LogP contribution in [0.5, 0.6) is 0 Å². The van der Waals surface area contributed by atoms with E-state index in [0.29, 0.717) is 37.6 Å². The number of aliphatic carboxylic acids is 1. The minimum absolute atomic E-state index is 0.241. The molecule has 2 rings (SSSR count). The lowest BCUT2D eigenvalue weighted by Crippen LogP contribution is -2.33. The Morgan fingerprint density at radius 1 is 1.58 bits per heavy atom. The molecule has 1 N–H and O–H groups in total. The number of likely N-dealkylation sites (tertiary alicyclic amines) is 1. The van der Waals surface area contributed by atoms with Crippen molar-refractivity contribution in [2.75, 3.05) is 13.1 Å². The zero-order valence-electron chi connectivity index (χ0n) is 11.7. The van der Waals surface area contributed by atoms with E-state index in [2.05, 4.69) is 15.0 Å². The quantitative estimate of drug-likeness (QED) is 0.877. The van der Waals surface area contributed by atoms with Gasteiger partial charge in [0.05, 0.1) is 12.0 Å². The van der Waals surface area contributed by atoms with Crippen LogP contribution in [0.2, 0.25) is 0 Å². The van der Waals surface area contributed by atoms with Gasteiger partial charge in [-0.05, 0) is 19.4 Å². The topological polar surface area (TPSA) is 79.5 Å². The van der Waals surface area contributed by atoms with E-state index in [-0.39, 0.29) is 5.92 Å². The Kier molecular flexibility index (Phi) is 3.89. The van der Waals surface area contributed by atoms with Crippen molar-refractivity contribution in [2.45, 2.75) is 46.1 Å². The Balaban J connectivity index is 1.99. The average molecular weight is 267 g/mol. The van der Waals surface area contributed by atoms with E-state index in [1.807, 2.05) is 20.8 Å². The van der Waals surface area contributed by atoms with Gasteiger partial charge in [-0.1, -0.05) is 25.9 Å². The molecule has 6 heteroatoms. The van der Waals surface area contributed by atoms with Gasteiger partial charge in [0, 0.05) is 12.5 Å². The monoisotopic (exact) mass is 267 g/mol. The van der Waals surface area contributed by atoms with Crippen LogP contribution in [0.25, 0.3) is 0 Å². The van der Waals surface area contributed by atoms with Gasteiger partial charge in [-0.15, -0.1) is 0 Å². The zero-order chi connectivity index (χ0) is 14.0. The van der Waals surface area contributed by atoms with Crippen LogP contribution in [0.4, 0.5) is 0 Å². The van der Waals surface area contributed by atoms with Gasteiger partial charge in [-0.2, -0.15) is 4.98 Å². The Labute approximate surface area is 112 Å². The van der Waals surface area contributed by atoms with Crippen molar-refractivity contribution in [3.63, 3.8) is 0 Å². The fraction of sp³-hybridized carbons (Fsp3) is 0.769. The summed E-state index contributed by atoms with van der Waals surface area (Å²) in [6.07, 6.45) is 1.34. The molecule has 1 aliphatic heterocycles. The van der Waals surface area contributed by atoms with Crippen LogP contribution in [0.15, 0.2) is 4.52 Å². The molecule has 1 aromatic rings. The average Bonchev–Trinajstić information content (AvgIpc) is 2.97. The van der Waals surface area contributed by atoms with Crippen molar-refractivity contribution < 1.29 is 14.4 Å². The third-order valence-electron chi connectivity index (χ3n) is 3.92. The van der Waals surface area contributed by atoms with Crippen LogP contribution in [-0.4, -0.2) is 39.2 Å². The van der Waals surface area contributed by atoms with Crippen LogP contribution in [0.1, 0.15) is 51.2 Å². The molecule has 0 radical (unpaired) electrons. The summed E-state index contributed by atoms with van der Waals surface area (Å²) >= 11 is 0. The highest BCUT2D eigenvalue weighted by Crippen LogP contribution is 2.34. The van der Waals surface area contributed by atoms with E-state index in [1.165, 1.54) is 0 Å². The van der Waals surface area contributed by atoms with Crippen molar-refractivity contribution in [3.05, 3.63) is 11.7 Å². The summed E-state index contributed by atoms with van der Waals surface area (Å²) in [5, 5.41) is 13.3. The SMILES string of the molecule is CCC1(C(=O)O)CCN(Cc2nc(C(C)C)no2)C1. The molecule has 6 nitrogen and oxygen atoms in total. The highest BCUT2D eigenvalue weighted by atomic mass is 16.5. The molecular weight excluding hydrogens is 246 g/mol. The maximum absolute atomic E-state index is 11.4. The number of aromatic nitrogens is 2. The zero-order valence-corrected chi connectivity index (χ0v) is 11.7. The molecule has 1 unspecified atom stereocenters. The van der Waals surface area contributed by atoms with Gasteiger partial charge in [0.1, 0.15) is 0 Å². The molecule has 1 aromatic heterocycles. The molecule has 0 bridgehead atoms. The molecular formula is C13H21N3O3. The fourth-order valence-corrected chi connectivity index (χ4v) is 2.47. The summed E-state index contributed by atoms with van der Waals surface area (Å²) in [6, 6.07) is 0. The summed E-state index contributed by atoms with van der Waals surface area (Å²) in [5.74, 6) is 0.811. The first-order valence-corrected chi connectivity index (χ1v) is 6.75. The van der Waals surface area contributed by atoms with Crippen LogP contribution in [0.3, 0.4) is 0 Å². The third-order valence-corrected chi connectivity index (χ3v) is 3.92. The smallest absolute Gasteiger partial charge is 0.310 e. The molecule has 0 spiro atoms. The van der Waals surface area contributed by atoms with E-state index < -0.39 is 11.4 Å². The summed E-state index contributed by atoms with van der Waals surface area (Å²) in [4.78, 5) is 17.8. The number of carbonyl (C=O) groups is 1. The Hall–Kier alpha value is -1.43. The van der Waals surface area contributed by atoms with E-state index in [0.717, 1.165) is 6.54 Å². The Morgan fingerprint density at radius 2 is 2.32 bits per heavy atom. The predicted molar refractivity (Wildman–Crippen MR) is 68.6 cm³/mol. The van der Waals surface area contributed by atoms with E-state index in [1.54, 1.807) is 0 Å². The van der Waals surface area contributed by atoms with Crippen LogP contribution in [-0.2, 0) is 11.3 Å². The number of carboxylic acid groups (broad SMARTS) is 1. The molecule has 0 aromatic carbocycles. The molecule has 19 heavy (non-hydrogen) atoms. The first-order valence-electron chi connectivity index (χ1n) is 6.75. The van der Waals surface area contributed by atoms with Crippen molar-refractivity contribution in [1.82, 2.24) is 15.0 Å². The van der Waals surface area contributed by atoms with Crippen molar-refractivity contribution >= 4 is 5.97 Å². The second kappa shape index (κ2) is 5.28. The molecule has 1 aliphatic rings. The fourth-order valence-electron chi connectivity index (χ4n) is 2.47. The third kappa shape index (κ3) is 2.78. The highest BCUT2D eigenvalue weighted by Gasteiger charge is 2.43. The molecule has 2 heterocycles. The van der Waals surface area contributed by atoms with Gasteiger partial charge >= 0.3 is 5.97 Å². The Morgan fingerprint density at radius 3 is 2.79 bits per heavy atom. The number of nitrogens with zero attached hydrogens (tertiary/aromatic N) is 3. The van der Waals surface area contributed by atoms with Crippen LogP contribution in [0, 0.1) is 5.41 Å². The summed E-state index contributed by atoms with van der Waals surface area (Å²) < 4.78 is 5.20. The van der Waals surface area contributed by atoms with E-state index >= 15 is 0 Å². The van der Waals surface area contributed by atoms with Gasteiger partial charge < -0.3 is 9.63 Å². The molecule has 1 saturated heterocycles. The standard InChI is InChI=1S/C13H21N3O3/c1-4-13(12(17)18)5-6-16(8-13)7-10-14-11(9(2)3)15-19-10/h9H,4-8H2,1-3H3,(H,17,18). The predicted octanol–water partition coefficient (Wildman–Crippen LogP) is 1.88. The minimum Gasteiger partial charge on any atom is -0.481 e. The molecule has 1 fully saturated rings. The molecule has 106 valence electrons. The lowest BCUT2D eigenvalue weighted by atomic mass is 9.84. The number of hydrogen-bond acceptors (Lipinski definition) is 5. The van der Waals surface area contributed by atoms with E-state index in [4.69, 9.17) is 4.52 Å². The first kappa shape index (κ1) is 14.0. The summed E-state index contributed by atoms with van der Waals surface area (Å²) in [5.41, 5.74) is -0.610. The molecule has 0 aliphatic carbocycles. The van der Waals surface area contributed by atoms with Gasteiger partial charge in [-0.3, -0.25) is 9.69 Å². The van der Waals surface area contributed by atoms with E-state index in [9.17, 15) is 9.90 Å². The molecule has 0 amide bonds. The van der Waals surface area contributed by atoms with Crippen LogP contribution < -0.4 is 0 Å². The van der Waals surface area contributed by atoms with Crippen molar-refractivity contribution in [3.8, 4) is 0 Å². The molecule has 1 atom stereocenters. The van der Waals surface area contributed by atoms with Crippen LogP contribution >= 0.6 is 0 Å². The van der Waals surface area contributed by atoms with Crippen molar-refractivity contribution in [2.24, 2.45) is 5.41 Å². The van der Waals surface area contributed by atoms with Gasteiger partial charge in [0.15, 0.2) is 5.82 Å². The normalized spacial score (nSPS) is 24.2. The summed E-state index contributed by atoms with van der Waals surface area (Å²) in [7, 11) is 0. The molecule has 0 saturated carbocycles. The largest absolute Gasteiger partial charge is 0.481 e. The maximum Gasteiger partial charge on any atom is 0.310 e. The lowest BCUT2D eigenvalue weighted by Gasteiger charge is -2.22. The number of hydrogen-bond donors (Lipinski definition) is 1. The van der Waals surface area contributed by atoms with Crippen molar-refractivity contribution in [1.29, 1.82) is 0 Å². The van der Waals surface area contributed by atoms with Gasteiger partial charge in [0.25, 0.3) is 0 Å². The second-order valence-electron chi connectivity index (χ2n) is 5.60. The minimum atomic E-state index is -0.703. The number of rotatable bonds is 5. The maximum atomic E-state index is 11.4.